The molecule has 1 aromatic carbocycles. The third kappa shape index (κ3) is 3.41. The topological polar surface area (TPSA) is 43.1 Å². The van der Waals surface area contributed by atoms with Crippen LogP contribution in [0, 0.1) is 5.92 Å². The molecule has 3 atom stereocenters. The largest absolute Gasteiger partial charge is 0.365 e. The van der Waals surface area contributed by atoms with Gasteiger partial charge in [-0.1, -0.05) is 30.3 Å². The summed E-state index contributed by atoms with van der Waals surface area (Å²) in [5.74, 6) is -0.0287. The van der Waals surface area contributed by atoms with Crippen LogP contribution in [0.25, 0.3) is 0 Å². The van der Waals surface area contributed by atoms with E-state index in [9.17, 15) is 4.79 Å². The molecule has 1 fully saturated rings. The Labute approximate surface area is 114 Å². The van der Waals surface area contributed by atoms with Crippen molar-refractivity contribution in [2.45, 2.75) is 26.3 Å². The molecule has 0 radical (unpaired) electrons. The van der Waals surface area contributed by atoms with Gasteiger partial charge in [0, 0.05) is 12.3 Å². The molecule has 4 nitrogen and oxygen atoms in total. The van der Waals surface area contributed by atoms with E-state index in [1.54, 1.807) is 12.1 Å². The van der Waals surface area contributed by atoms with Crippen molar-refractivity contribution in [3.8, 4) is 0 Å². The van der Waals surface area contributed by atoms with Gasteiger partial charge >= 0.3 is 5.97 Å². The molecule has 102 valence electrons. The molecule has 0 aliphatic carbocycles. The summed E-state index contributed by atoms with van der Waals surface area (Å²) in [7, 11) is 2.19. The van der Waals surface area contributed by atoms with E-state index in [1.165, 1.54) is 4.90 Å². The minimum atomic E-state index is -0.390. The lowest BCUT2D eigenvalue weighted by Crippen LogP contribution is -3.14. The van der Waals surface area contributed by atoms with Crippen LogP contribution >= 0.6 is 0 Å². The van der Waals surface area contributed by atoms with Gasteiger partial charge in [-0.2, -0.15) is 0 Å². The summed E-state index contributed by atoms with van der Waals surface area (Å²) >= 11 is 0. The minimum absolute atomic E-state index is 0.361. The van der Waals surface area contributed by atoms with Gasteiger partial charge in [0.05, 0.1) is 30.9 Å². The lowest BCUT2D eigenvalue weighted by molar-refractivity contribution is -0.908. The molecular formula is C15H21N2O2+. The van der Waals surface area contributed by atoms with E-state index in [-0.39, 0.29) is 5.97 Å². The first-order valence-corrected chi connectivity index (χ1v) is 6.73. The predicted molar refractivity (Wildman–Crippen MR) is 74.3 cm³/mol. The normalized spacial score (nSPS) is 29.2. The van der Waals surface area contributed by atoms with Crippen molar-refractivity contribution < 1.29 is 14.5 Å². The number of rotatable bonds is 2. The quantitative estimate of drug-likeness (QED) is 0.641. The van der Waals surface area contributed by atoms with E-state index in [1.807, 2.05) is 18.2 Å². The van der Waals surface area contributed by atoms with Crippen molar-refractivity contribution in [3.05, 3.63) is 35.9 Å². The SMILES string of the molecule is C[C@H]1C[NH+](C)[C@@H](C)C/C1=N\OC(=O)c1ccccc1. The van der Waals surface area contributed by atoms with Gasteiger partial charge in [0.15, 0.2) is 0 Å². The van der Waals surface area contributed by atoms with E-state index in [2.05, 4.69) is 26.1 Å². The zero-order valence-corrected chi connectivity index (χ0v) is 11.7. The van der Waals surface area contributed by atoms with E-state index in [0.29, 0.717) is 17.5 Å². The van der Waals surface area contributed by atoms with Crippen LogP contribution in [0.15, 0.2) is 35.5 Å². The predicted octanol–water partition coefficient (Wildman–Crippen LogP) is 1.14. The van der Waals surface area contributed by atoms with Gasteiger partial charge in [-0.05, 0) is 19.1 Å². The molecule has 2 rings (SSSR count). The van der Waals surface area contributed by atoms with Crippen molar-refractivity contribution in [1.82, 2.24) is 0 Å². The molecule has 1 unspecified atom stereocenters. The van der Waals surface area contributed by atoms with Crippen LogP contribution in [0.4, 0.5) is 0 Å². The van der Waals surface area contributed by atoms with Gasteiger partial charge in [0.25, 0.3) is 0 Å². The molecular weight excluding hydrogens is 240 g/mol. The third-order valence-corrected chi connectivity index (χ3v) is 3.81. The summed E-state index contributed by atoms with van der Waals surface area (Å²) in [4.78, 5) is 18.4. The van der Waals surface area contributed by atoms with Crippen LogP contribution in [0.2, 0.25) is 0 Å². The number of benzene rings is 1. The van der Waals surface area contributed by atoms with E-state index >= 15 is 0 Å². The highest BCUT2D eigenvalue weighted by atomic mass is 16.7. The summed E-state index contributed by atoms with van der Waals surface area (Å²) in [6, 6.07) is 9.47. The fourth-order valence-corrected chi connectivity index (χ4v) is 2.35. The lowest BCUT2D eigenvalue weighted by atomic mass is 9.93. The van der Waals surface area contributed by atoms with Gasteiger partial charge in [0.2, 0.25) is 0 Å². The molecule has 1 saturated heterocycles. The summed E-state index contributed by atoms with van der Waals surface area (Å²) in [5.41, 5.74) is 1.52. The highest BCUT2D eigenvalue weighted by Crippen LogP contribution is 2.09. The van der Waals surface area contributed by atoms with Gasteiger partial charge in [-0.15, -0.1) is 0 Å². The molecule has 1 aliphatic heterocycles. The van der Waals surface area contributed by atoms with Crippen LogP contribution < -0.4 is 4.90 Å². The second-order valence-corrected chi connectivity index (χ2v) is 5.38. The van der Waals surface area contributed by atoms with Gasteiger partial charge < -0.3 is 9.74 Å². The molecule has 0 aromatic heterocycles. The Kier molecular flexibility index (Phi) is 4.32. The van der Waals surface area contributed by atoms with Crippen molar-refractivity contribution in [2.75, 3.05) is 13.6 Å². The Morgan fingerprint density at radius 3 is 2.68 bits per heavy atom. The summed E-state index contributed by atoms with van der Waals surface area (Å²) in [6.07, 6.45) is 0.884. The van der Waals surface area contributed by atoms with Crippen molar-refractivity contribution in [1.29, 1.82) is 0 Å². The number of likely N-dealkylation sites (tertiary alicyclic amines) is 1. The standard InChI is InChI=1S/C15H20N2O2/c1-11-10-17(3)12(2)9-14(11)16-19-15(18)13-7-5-4-6-8-13/h4-8,11-12H,9-10H2,1-3H3/p+1/b16-14+/t11-,12-/m0/s1. The fraction of sp³-hybridized carbons (Fsp3) is 0.467. The summed E-state index contributed by atoms with van der Waals surface area (Å²) in [5, 5.41) is 4.08. The number of quaternary nitrogens is 1. The Bertz CT molecular complexity index is 470. The number of piperidine rings is 1. The molecule has 4 heteroatoms. The number of hydrogen-bond donors (Lipinski definition) is 1. The zero-order valence-electron chi connectivity index (χ0n) is 11.7. The molecule has 0 bridgehead atoms. The second-order valence-electron chi connectivity index (χ2n) is 5.38. The van der Waals surface area contributed by atoms with Crippen LogP contribution in [0.3, 0.4) is 0 Å². The van der Waals surface area contributed by atoms with Crippen molar-refractivity contribution in [2.24, 2.45) is 11.1 Å². The summed E-state index contributed by atoms with van der Waals surface area (Å²) < 4.78 is 0. The second kappa shape index (κ2) is 5.97. The third-order valence-electron chi connectivity index (χ3n) is 3.81. The highest BCUT2D eigenvalue weighted by molar-refractivity contribution is 5.91. The first-order valence-electron chi connectivity index (χ1n) is 6.73. The number of nitrogens with zero attached hydrogens (tertiary/aromatic N) is 1. The Morgan fingerprint density at radius 1 is 1.32 bits per heavy atom. The average molecular weight is 261 g/mol. The number of carbonyl (C=O) groups is 1. The van der Waals surface area contributed by atoms with Crippen molar-refractivity contribution >= 4 is 11.7 Å². The minimum Gasteiger partial charge on any atom is -0.334 e. The Morgan fingerprint density at radius 2 is 2.00 bits per heavy atom. The molecule has 1 aromatic rings. The first-order chi connectivity index (χ1) is 9.08. The molecule has 1 heterocycles. The first kappa shape index (κ1) is 13.7. The molecule has 1 N–H and O–H groups in total. The lowest BCUT2D eigenvalue weighted by Gasteiger charge is -2.31. The average Bonchev–Trinajstić information content (AvgIpc) is 2.42. The van der Waals surface area contributed by atoms with Gasteiger partial charge in [-0.25, -0.2) is 4.79 Å². The Hall–Kier alpha value is -1.68. The summed E-state index contributed by atoms with van der Waals surface area (Å²) in [6.45, 7) is 5.35. The van der Waals surface area contributed by atoms with E-state index < -0.39 is 0 Å². The Balaban J connectivity index is 2.00. The van der Waals surface area contributed by atoms with Gasteiger partial charge in [-0.3, -0.25) is 0 Å². The van der Waals surface area contributed by atoms with Crippen LogP contribution in [-0.4, -0.2) is 31.3 Å². The molecule has 19 heavy (non-hydrogen) atoms. The number of oxime groups is 1. The molecule has 0 amide bonds. The van der Waals surface area contributed by atoms with Gasteiger partial charge in [0.1, 0.15) is 0 Å². The maximum absolute atomic E-state index is 11.8. The number of hydrogen-bond acceptors (Lipinski definition) is 3. The number of carbonyl (C=O) groups excluding carboxylic acids is 1. The van der Waals surface area contributed by atoms with Crippen LogP contribution in [0.1, 0.15) is 30.6 Å². The fourth-order valence-electron chi connectivity index (χ4n) is 2.35. The van der Waals surface area contributed by atoms with E-state index in [0.717, 1.165) is 18.7 Å². The van der Waals surface area contributed by atoms with E-state index in [4.69, 9.17) is 4.84 Å². The smallest absolute Gasteiger partial charge is 0.334 e. The maximum atomic E-state index is 11.8. The maximum Gasteiger partial charge on any atom is 0.365 e. The zero-order chi connectivity index (χ0) is 13.8. The highest BCUT2D eigenvalue weighted by Gasteiger charge is 2.29. The molecule has 1 aliphatic rings. The van der Waals surface area contributed by atoms with Crippen LogP contribution in [0.5, 0.6) is 0 Å². The van der Waals surface area contributed by atoms with Crippen molar-refractivity contribution in [3.63, 3.8) is 0 Å². The number of nitrogens with one attached hydrogen (secondary N) is 1. The monoisotopic (exact) mass is 261 g/mol. The van der Waals surface area contributed by atoms with Crippen LogP contribution in [-0.2, 0) is 4.84 Å². The molecule has 0 saturated carbocycles. The molecule has 0 spiro atoms.